The Labute approximate surface area is 146 Å². The van der Waals surface area contributed by atoms with Crippen molar-refractivity contribution in [1.29, 1.82) is 0 Å². The number of hydrogen-bond acceptors (Lipinski definition) is 4. The number of carbonyl (C=O) groups excluding carboxylic acids is 1. The Morgan fingerprint density at radius 2 is 2.00 bits per heavy atom. The lowest BCUT2D eigenvalue weighted by atomic mass is 10.2. The van der Waals surface area contributed by atoms with Gasteiger partial charge in [-0.05, 0) is 42.0 Å². The Hall–Kier alpha value is -2.47. The molecule has 0 unspecified atom stereocenters. The second-order valence-electron chi connectivity index (χ2n) is 5.09. The van der Waals surface area contributed by atoms with Crippen LogP contribution in [0.25, 0.3) is 11.3 Å². The van der Waals surface area contributed by atoms with E-state index in [4.69, 9.17) is 9.15 Å². The van der Waals surface area contributed by atoms with E-state index >= 15 is 0 Å². The van der Waals surface area contributed by atoms with Crippen LogP contribution in [0, 0.1) is 5.82 Å². The van der Waals surface area contributed by atoms with E-state index in [0.717, 1.165) is 10.0 Å². The average molecular weight is 390 g/mol. The molecule has 4 nitrogen and oxygen atoms in total. The molecule has 0 saturated carbocycles. The summed E-state index contributed by atoms with van der Waals surface area (Å²) in [6.07, 6.45) is 1.69. The first-order chi connectivity index (χ1) is 11.6. The lowest BCUT2D eigenvalue weighted by Gasteiger charge is -2.03. The van der Waals surface area contributed by atoms with Gasteiger partial charge in [-0.25, -0.2) is 9.37 Å². The highest BCUT2D eigenvalue weighted by Crippen LogP contribution is 2.21. The van der Waals surface area contributed by atoms with E-state index in [9.17, 15) is 9.18 Å². The Morgan fingerprint density at radius 3 is 2.75 bits per heavy atom. The van der Waals surface area contributed by atoms with Crippen LogP contribution in [0.15, 0.2) is 63.6 Å². The molecule has 0 aliphatic rings. The van der Waals surface area contributed by atoms with Gasteiger partial charge in [0.15, 0.2) is 12.4 Å². The van der Waals surface area contributed by atoms with Crippen LogP contribution < -0.4 is 0 Å². The number of rotatable bonds is 5. The van der Waals surface area contributed by atoms with Crippen molar-refractivity contribution in [2.45, 2.75) is 13.0 Å². The number of benzene rings is 2. The summed E-state index contributed by atoms with van der Waals surface area (Å²) in [6, 6.07) is 13.3. The molecule has 0 aliphatic heterocycles. The summed E-state index contributed by atoms with van der Waals surface area (Å²) in [5.41, 5.74) is 1.56. The molecule has 0 radical (unpaired) electrons. The van der Waals surface area contributed by atoms with E-state index < -0.39 is 0 Å². The Balaban J connectivity index is 1.57. The van der Waals surface area contributed by atoms with E-state index in [-0.39, 0.29) is 30.7 Å². The standard InChI is InChI=1S/C18H13BrFNO3/c19-14-3-1-2-12(8-14)9-18(22)23-11-17-21-10-16(24-17)13-4-6-15(20)7-5-13/h1-8,10H,9,11H2. The van der Waals surface area contributed by atoms with Crippen LogP contribution in [-0.2, 0) is 22.6 Å². The number of esters is 1. The molecule has 0 spiro atoms. The molecule has 3 rings (SSSR count). The summed E-state index contributed by atoms with van der Waals surface area (Å²) in [6.45, 7) is -0.0476. The number of nitrogens with zero attached hydrogens (tertiary/aromatic N) is 1. The molecule has 0 saturated heterocycles. The van der Waals surface area contributed by atoms with Gasteiger partial charge in [-0.15, -0.1) is 0 Å². The van der Waals surface area contributed by atoms with Crippen LogP contribution in [0.5, 0.6) is 0 Å². The topological polar surface area (TPSA) is 52.3 Å². The van der Waals surface area contributed by atoms with Gasteiger partial charge in [0.25, 0.3) is 0 Å². The zero-order valence-electron chi connectivity index (χ0n) is 12.5. The lowest BCUT2D eigenvalue weighted by Crippen LogP contribution is -2.08. The van der Waals surface area contributed by atoms with Gasteiger partial charge >= 0.3 is 5.97 Å². The maximum absolute atomic E-state index is 12.9. The summed E-state index contributed by atoms with van der Waals surface area (Å²) in [5, 5.41) is 0. The maximum Gasteiger partial charge on any atom is 0.310 e. The van der Waals surface area contributed by atoms with Crippen LogP contribution in [0.1, 0.15) is 11.5 Å². The average Bonchev–Trinajstić information content (AvgIpc) is 3.03. The van der Waals surface area contributed by atoms with Gasteiger partial charge in [0.2, 0.25) is 5.89 Å². The number of ether oxygens (including phenoxy) is 1. The van der Waals surface area contributed by atoms with Crippen LogP contribution in [0.4, 0.5) is 4.39 Å². The van der Waals surface area contributed by atoms with Gasteiger partial charge in [-0.3, -0.25) is 4.79 Å². The monoisotopic (exact) mass is 389 g/mol. The van der Waals surface area contributed by atoms with E-state index in [1.54, 1.807) is 12.1 Å². The Kier molecular flexibility index (Phi) is 5.05. The largest absolute Gasteiger partial charge is 0.455 e. The highest BCUT2D eigenvalue weighted by atomic mass is 79.9. The second kappa shape index (κ2) is 7.40. The number of carbonyl (C=O) groups is 1. The van der Waals surface area contributed by atoms with Crippen LogP contribution >= 0.6 is 15.9 Å². The minimum absolute atomic E-state index is 0.0476. The van der Waals surface area contributed by atoms with Crippen molar-refractivity contribution in [3.8, 4) is 11.3 Å². The zero-order valence-corrected chi connectivity index (χ0v) is 14.1. The minimum atomic E-state index is -0.366. The van der Waals surface area contributed by atoms with Crippen molar-refractivity contribution >= 4 is 21.9 Å². The smallest absolute Gasteiger partial charge is 0.310 e. The lowest BCUT2D eigenvalue weighted by molar-refractivity contribution is -0.144. The number of hydrogen-bond donors (Lipinski definition) is 0. The highest BCUT2D eigenvalue weighted by molar-refractivity contribution is 9.10. The maximum atomic E-state index is 12.9. The fourth-order valence-corrected chi connectivity index (χ4v) is 2.58. The molecule has 0 aliphatic carbocycles. The molecule has 2 aromatic carbocycles. The first kappa shape index (κ1) is 16.4. The van der Waals surface area contributed by atoms with E-state index in [0.29, 0.717) is 11.3 Å². The normalized spacial score (nSPS) is 10.6. The Bertz CT molecular complexity index is 845. The minimum Gasteiger partial charge on any atom is -0.455 e. The van der Waals surface area contributed by atoms with Crippen molar-refractivity contribution in [2.24, 2.45) is 0 Å². The van der Waals surface area contributed by atoms with Crippen molar-refractivity contribution in [2.75, 3.05) is 0 Å². The fourth-order valence-electron chi connectivity index (χ4n) is 2.13. The predicted molar refractivity (Wildman–Crippen MR) is 89.5 cm³/mol. The van der Waals surface area contributed by atoms with E-state index in [1.807, 2.05) is 24.3 Å². The van der Waals surface area contributed by atoms with Gasteiger partial charge in [0, 0.05) is 10.0 Å². The second-order valence-corrected chi connectivity index (χ2v) is 6.01. The first-order valence-corrected chi connectivity index (χ1v) is 8.00. The number of halogens is 2. The molecule has 122 valence electrons. The molecule has 0 N–H and O–H groups in total. The van der Waals surface area contributed by atoms with Crippen molar-refractivity contribution in [3.63, 3.8) is 0 Å². The van der Waals surface area contributed by atoms with Crippen molar-refractivity contribution in [1.82, 2.24) is 4.98 Å². The quantitative estimate of drug-likeness (QED) is 0.601. The van der Waals surface area contributed by atoms with Crippen LogP contribution in [0.2, 0.25) is 0 Å². The third-order valence-corrected chi connectivity index (χ3v) is 3.77. The SMILES string of the molecule is O=C(Cc1cccc(Br)c1)OCc1ncc(-c2ccc(F)cc2)o1. The summed E-state index contributed by atoms with van der Waals surface area (Å²) >= 11 is 3.36. The van der Waals surface area contributed by atoms with E-state index in [1.165, 1.54) is 18.3 Å². The van der Waals surface area contributed by atoms with Crippen molar-refractivity contribution < 1.29 is 18.3 Å². The summed E-state index contributed by atoms with van der Waals surface area (Å²) in [7, 11) is 0. The molecule has 0 fully saturated rings. The third-order valence-electron chi connectivity index (χ3n) is 3.28. The molecule has 6 heteroatoms. The first-order valence-electron chi connectivity index (χ1n) is 7.21. The predicted octanol–water partition coefficient (Wildman–Crippen LogP) is 4.53. The highest BCUT2D eigenvalue weighted by Gasteiger charge is 2.10. The van der Waals surface area contributed by atoms with Crippen LogP contribution in [-0.4, -0.2) is 11.0 Å². The molecule has 0 atom stereocenters. The molecule has 0 amide bonds. The number of aromatic nitrogens is 1. The summed E-state index contributed by atoms with van der Waals surface area (Å²) in [4.78, 5) is 15.9. The molecular weight excluding hydrogens is 377 g/mol. The molecule has 3 aromatic rings. The van der Waals surface area contributed by atoms with E-state index in [2.05, 4.69) is 20.9 Å². The zero-order chi connectivity index (χ0) is 16.9. The van der Waals surface area contributed by atoms with Gasteiger partial charge in [-0.2, -0.15) is 0 Å². The molecular formula is C18H13BrFNO3. The fraction of sp³-hybridized carbons (Fsp3) is 0.111. The summed E-state index contributed by atoms with van der Waals surface area (Å²) in [5.74, 6) is 0.0968. The molecule has 0 bridgehead atoms. The summed E-state index contributed by atoms with van der Waals surface area (Å²) < 4.78 is 24.5. The Morgan fingerprint density at radius 1 is 1.21 bits per heavy atom. The van der Waals surface area contributed by atoms with Crippen molar-refractivity contribution in [3.05, 3.63) is 76.5 Å². The van der Waals surface area contributed by atoms with Gasteiger partial charge < -0.3 is 9.15 Å². The van der Waals surface area contributed by atoms with Gasteiger partial charge in [0.1, 0.15) is 5.82 Å². The third kappa shape index (κ3) is 4.29. The van der Waals surface area contributed by atoms with Crippen LogP contribution in [0.3, 0.4) is 0 Å². The number of oxazole rings is 1. The van der Waals surface area contributed by atoms with Gasteiger partial charge in [0.05, 0.1) is 12.6 Å². The van der Waals surface area contributed by atoms with Gasteiger partial charge in [-0.1, -0.05) is 28.1 Å². The molecule has 24 heavy (non-hydrogen) atoms. The molecule has 1 aromatic heterocycles. The molecule has 1 heterocycles.